The third-order valence-electron chi connectivity index (χ3n) is 1.59. The van der Waals surface area contributed by atoms with Crippen LogP contribution < -0.4 is 0 Å². The third kappa shape index (κ3) is 10.6. The van der Waals surface area contributed by atoms with E-state index in [9.17, 15) is 0 Å². The zero-order valence-corrected chi connectivity index (χ0v) is 9.06. The highest BCUT2D eigenvalue weighted by molar-refractivity contribution is 5.33. The van der Waals surface area contributed by atoms with E-state index in [0.717, 1.165) is 0 Å². The van der Waals surface area contributed by atoms with E-state index < -0.39 is 6.10 Å². The number of hydrogen-bond acceptors (Lipinski definition) is 3. The maximum absolute atomic E-state index is 9.01. The maximum atomic E-state index is 9.01. The van der Waals surface area contributed by atoms with Gasteiger partial charge in [-0.1, -0.05) is 24.0 Å². The van der Waals surface area contributed by atoms with Crippen LogP contribution in [0.2, 0.25) is 0 Å². The SMILES string of the molecule is OCC=CC#CC#CC=CCC[C@H](O)CO. The van der Waals surface area contributed by atoms with E-state index >= 15 is 0 Å². The monoisotopic (exact) mass is 220 g/mol. The van der Waals surface area contributed by atoms with E-state index in [0.29, 0.717) is 12.8 Å². The van der Waals surface area contributed by atoms with Crippen molar-refractivity contribution in [3.63, 3.8) is 0 Å². The van der Waals surface area contributed by atoms with E-state index in [-0.39, 0.29) is 13.2 Å². The fourth-order valence-corrected chi connectivity index (χ4v) is 0.789. The van der Waals surface area contributed by atoms with Crippen LogP contribution in [0.25, 0.3) is 0 Å². The fourth-order valence-electron chi connectivity index (χ4n) is 0.789. The zero-order valence-electron chi connectivity index (χ0n) is 9.06. The summed E-state index contributed by atoms with van der Waals surface area (Å²) in [5.74, 6) is 10.5. The van der Waals surface area contributed by atoms with Crippen LogP contribution in [0, 0.1) is 23.7 Å². The van der Waals surface area contributed by atoms with Crippen molar-refractivity contribution in [1.29, 1.82) is 0 Å². The van der Waals surface area contributed by atoms with Crippen LogP contribution in [0.1, 0.15) is 12.8 Å². The summed E-state index contributed by atoms with van der Waals surface area (Å²) in [4.78, 5) is 0. The summed E-state index contributed by atoms with van der Waals surface area (Å²) in [6.07, 6.45) is 7.09. The smallest absolute Gasteiger partial charge is 0.0773 e. The van der Waals surface area contributed by atoms with E-state index in [1.807, 2.05) is 6.08 Å². The second-order valence-corrected chi connectivity index (χ2v) is 2.94. The molecule has 0 amide bonds. The van der Waals surface area contributed by atoms with Crippen molar-refractivity contribution in [2.24, 2.45) is 0 Å². The molecule has 0 heterocycles. The Labute approximate surface area is 96.1 Å². The standard InChI is InChI=1S/C13H16O3/c14-11-9-7-5-3-1-2-4-6-8-10-13(16)12-15/h4,6-7,9,13-16H,8,10-12H2/t13-/m0/s1. The second kappa shape index (κ2) is 11.6. The molecule has 0 aliphatic carbocycles. The molecule has 0 unspecified atom stereocenters. The second-order valence-electron chi connectivity index (χ2n) is 2.94. The highest BCUT2D eigenvalue weighted by atomic mass is 16.3. The number of allylic oxidation sites excluding steroid dienone is 3. The third-order valence-corrected chi connectivity index (χ3v) is 1.59. The van der Waals surface area contributed by atoms with Crippen LogP contribution in [0.5, 0.6) is 0 Å². The Morgan fingerprint density at radius 3 is 2.19 bits per heavy atom. The summed E-state index contributed by atoms with van der Waals surface area (Å²) in [5.41, 5.74) is 0. The van der Waals surface area contributed by atoms with Crippen molar-refractivity contribution in [1.82, 2.24) is 0 Å². The van der Waals surface area contributed by atoms with Crippen molar-refractivity contribution in [2.45, 2.75) is 18.9 Å². The van der Waals surface area contributed by atoms with Crippen LogP contribution in [-0.4, -0.2) is 34.6 Å². The van der Waals surface area contributed by atoms with Crippen LogP contribution >= 0.6 is 0 Å². The summed E-state index contributed by atoms with van der Waals surface area (Å²) < 4.78 is 0. The van der Waals surface area contributed by atoms with Crippen molar-refractivity contribution < 1.29 is 15.3 Å². The van der Waals surface area contributed by atoms with Crippen LogP contribution in [0.15, 0.2) is 24.3 Å². The predicted octanol–water partition coefficient (Wildman–Crippen LogP) is 0.231. The molecular formula is C13H16O3. The molecule has 0 aromatic carbocycles. The minimum absolute atomic E-state index is 0.0187. The largest absolute Gasteiger partial charge is 0.394 e. The lowest BCUT2D eigenvalue weighted by molar-refractivity contribution is 0.0891. The Morgan fingerprint density at radius 2 is 1.62 bits per heavy atom. The summed E-state index contributed by atoms with van der Waals surface area (Å²) in [5, 5.41) is 25.9. The molecule has 3 N–H and O–H groups in total. The molecule has 0 spiro atoms. The molecule has 0 radical (unpaired) electrons. The zero-order chi connectivity index (χ0) is 12.1. The van der Waals surface area contributed by atoms with Crippen molar-refractivity contribution in [3.8, 4) is 23.7 Å². The molecule has 0 aliphatic heterocycles. The predicted molar refractivity (Wildman–Crippen MR) is 63.2 cm³/mol. The van der Waals surface area contributed by atoms with Gasteiger partial charge >= 0.3 is 0 Å². The van der Waals surface area contributed by atoms with Gasteiger partial charge in [-0.3, -0.25) is 0 Å². The Morgan fingerprint density at radius 1 is 1.00 bits per heavy atom. The van der Waals surface area contributed by atoms with Crippen molar-refractivity contribution in [2.75, 3.05) is 13.2 Å². The molecule has 0 aromatic heterocycles. The number of rotatable bonds is 5. The Kier molecular flexibility index (Phi) is 10.5. The molecule has 3 nitrogen and oxygen atoms in total. The van der Waals surface area contributed by atoms with E-state index in [4.69, 9.17) is 15.3 Å². The molecule has 86 valence electrons. The lowest BCUT2D eigenvalue weighted by Crippen LogP contribution is -2.10. The van der Waals surface area contributed by atoms with Gasteiger partial charge in [-0.25, -0.2) is 0 Å². The molecule has 0 bridgehead atoms. The summed E-state index contributed by atoms with van der Waals surface area (Å²) in [7, 11) is 0. The lowest BCUT2D eigenvalue weighted by atomic mass is 10.2. The van der Waals surface area contributed by atoms with Gasteiger partial charge in [0.05, 0.1) is 19.3 Å². The van der Waals surface area contributed by atoms with Crippen LogP contribution in [-0.2, 0) is 0 Å². The van der Waals surface area contributed by atoms with Gasteiger partial charge in [-0.15, -0.1) is 0 Å². The first-order valence-corrected chi connectivity index (χ1v) is 5.02. The number of hydrogen-bond donors (Lipinski definition) is 3. The normalized spacial score (nSPS) is 11.9. The minimum Gasteiger partial charge on any atom is -0.394 e. The maximum Gasteiger partial charge on any atom is 0.0773 e. The highest BCUT2D eigenvalue weighted by Gasteiger charge is 1.97. The highest BCUT2D eigenvalue weighted by Crippen LogP contribution is 1.96. The van der Waals surface area contributed by atoms with Gasteiger partial charge < -0.3 is 15.3 Å². The number of aliphatic hydroxyl groups excluding tert-OH is 3. The van der Waals surface area contributed by atoms with Gasteiger partial charge in [0.1, 0.15) is 0 Å². The summed E-state index contributed by atoms with van der Waals surface area (Å²) >= 11 is 0. The van der Waals surface area contributed by atoms with Gasteiger partial charge in [-0.05, 0) is 36.8 Å². The Hall–Kier alpha value is -1.52. The molecule has 0 saturated heterocycles. The Balaban J connectivity index is 3.69. The quantitative estimate of drug-likeness (QED) is 0.581. The Bertz CT molecular complexity index is 334. The molecule has 0 aromatic rings. The van der Waals surface area contributed by atoms with E-state index in [1.54, 1.807) is 6.08 Å². The average molecular weight is 220 g/mol. The topological polar surface area (TPSA) is 60.7 Å². The van der Waals surface area contributed by atoms with E-state index in [1.165, 1.54) is 12.2 Å². The lowest BCUT2D eigenvalue weighted by Gasteiger charge is -2.01. The van der Waals surface area contributed by atoms with Crippen LogP contribution in [0.3, 0.4) is 0 Å². The molecule has 0 fully saturated rings. The molecule has 1 atom stereocenters. The molecule has 3 heteroatoms. The van der Waals surface area contributed by atoms with Crippen LogP contribution in [0.4, 0.5) is 0 Å². The molecular weight excluding hydrogens is 204 g/mol. The van der Waals surface area contributed by atoms with Gasteiger partial charge in [0, 0.05) is 0 Å². The van der Waals surface area contributed by atoms with Gasteiger partial charge in [0.25, 0.3) is 0 Å². The average Bonchev–Trinajstić information content (AvgIpc) is 2.31. The molecule has 0 rings (SSSR count). The first kappa shape index (κ1) is 14.5. The summed E-state index contributed by atoms with van der Waals surface area (Å²) in [6.45, 7) is -0.225. The van der Waals surface area contributed by atoms with Crippen molar-refractivity contribution >= 4 is 0 Å². The number of aliphatic hydroxyl groups is 3. The first-order valence-electron chi connectivity index (χ1n) is 5.02. The summed E-state index contributed by atoms with van der Waals surface area (Å²) in [6, 6.07) is 0. The molecule has 16 heavy (non-hydrogen) atoms. The van der Waals surface area contributed by atoms with Gasteiger partial charge in [-0.2, -0.15) is 0 Å². The molecule has 0 saturated carbocycles. The fraction of sp³-hybridized carbons (Fsp3) is 0.385. The minimum atomic E-state index is -0.652. The van der Waals surface area contributed by atoms with Gasteiger partial charge in [0.2, 0.25) is 0 Å². The first-order chi connectivity index (χ1) is 7.81. The van der Waals surface area contributed by atoms with Gasteiger partial charge in [0.15, 0.2) is 0 Å². The van der Waals surface area contributed by atoms with E-state index in [2.05, 4.69) is 23.7 Å². The molecule has 0 aliphatic rings. The van der Waals surface area contributed by atoms with Crippen molar-refractivity contribution in [3.05, 3.63) is 24.3 Å².